The summed E-state index contributed by atoms with van der Waals surface area (Å²) >= 11 is 0. The molecule has 1 atom stereocenters. The second-order valence-corrected chi connectivity index (χ2v) is 9.97. The molecule has 0 saturated carbocycles. The third-order valence-corrected chi connectivity index (χ3v) is 6.13. The summed E-state index contributed by atoms with van der Waals surface area (Å²) in [5, 5.41) is 4.86. The Morgan fingerprint density at radius 2 is 1.75 bits per heavy atom. The van der Waals surface area contributed by atoms with Crippen molar-refractivity contribution in [2.45, 2.75) is 45.3 Å². The van der Waals surface area contributed by atoms with Gasteiger partial charge >= 0.3 is 6.09 Å². The van der Waals surface area contributed by atoms with Crippen molar-refractivity contribution < 1.29 is 33.5 Å². The van der Waals surface area contributed by atoms with Gasteiger partial charge in [0.25, 0.3) is 11.8 Å². The number of nitrogens with zero attached hydrogens (tertiary/aromatic N) is 3. The summed E-state index contributed by atoms with van der Waals surface area (Å²) in [4.78, 5) is 79.2. The van der Waals surface area contributed by atoms with Gasteiger partial charge in [0.2, 0.25) is 17.7 Å². The number of piperidine rings is 1. The number of piperazine rings is 1. The minimum atomic E-state index is -1.08. The Hall–Kier alpha value is -3.80. The molecule has 192 valence electrons. The lowest BCUT2D eigenvalue weighted by Crippen LogP contribution is -2.54. The van der Waals surface area contributed by atoms with Crippen LogP contribution in [-0.2, 0) is 19.1 Å². The third kappa shape index (κ3) is 5.23. The summed E-state index contributed by atoms with van der Waals surface area (Å²) in [5.74, 6) is -2.86. The number of benzene rings is 1. The fourth-order valence-corrected chi connectivity index (χ4v) is 4.43. The van der Waals surface area contributed by atoms with E-state index >= 15 is 0 Å². The van der Waals surface area contributed by atoms with Crippen LogP contribution >= 0.6 is 0 Å². The number of carbonyl (C=O) groups excluding carboxylic acids is 6. The Balaban J connectivity index is 1.38. The van der Waals surface area contributed by atoms with Crippen LogP contribution in [-0.4, -0.2) is 94.7 Å². The fraction of sp³-hybridized carbons (Fsp3) is 0.500. The summed E-state index contributed by atoms with van der Waals surface area (Å²) in [6.07, 6.45) is -0.322. The lowest BCUT2D eigenvalue weighted by Gasteiger charge is -2.35. The first-order valence-corrected chi connectivity index (χ1v) is 11.8. The number of nitrogens with one attached hydrogen (secondary N) is 2. The maximum absolute atomic E-state index is 13.2. The van der Waals surface area contributed by atoms with Crippen molar-refractivity contribution >= 4 is 41.3 Å². The first-order valence-electron chi connectivity index (χ1n) is 11.8. The molecule has 3 aliphatic heterocycles. The number of ether oxygens (including phenoxy) is 1. The summed E-state index contributed by atoms with van der Waals surface area (Å²) < 4.78 is 5.38. The van der Waals surface area contributed by atoms with Gasteiger partial charge in [0, 0.05) is 32.6 Å². The highest BCUT2D eigenvalue weighted by Gasteiger charge is 2.45. The summed E-state index contributed by atoms with van der Waals surface area (Å²) in [7, 11) is 0. The molecule has 12 heteroatoms. The summed E-state index contributed by atoms with van der Waals surface area (Å²) in [6, 6.07) is 3.45. The number of anilines is 1. The van der Waals surface area contributed by atoms with Gasteiger partial charge in [-0.1, -0.05) is 6.07 Å². The predicted molar refractivity (Wildman–Crippen MR) is 126 cm³/mol. The minimum absolute atomic E-state index is 0.0224. The maximum atomic E-state index is 13.2. The Bertz CT molecular complexity index is 1130. The van der Waals surface area contributed by atoms with Crippen LogP contribution in [0, 0.1) is 0 Å². The molecule has 2 fully saturated rings. The number of hydrogen-bond acceptors (Lipinski definition) is 8. The Kier molecular flexibility index (Phi) is 6.81. The standard InChI is InChI=1S/C24H29N5O7/c1-24(2,3)36-23(35)28-11-9-27(10-12-28)13-18(31)25-15-6-4-5-14-19(15)22(34)29(21(14)33)16-7-8-17(30)26-20(16)32/h4-6,16H,7-13H2,1-3H3,(H,25,31)(H,26,30,32). The maximum Gasteiger partial charge on any atom is 0.410 e. The SMILES string of the molecule is CC(C)(C)OC(=O)N1CCN(CC(=O)Nc2cccc3c2C(=O)N(C2CCC(=O)NC2=O)C3=O)CC1. The van der Waals surface area contributed by atoms with Gasteiger partial charge in [-0.05, 0) is 39.3 Å². The molecule has 0 aliphatic carbocycles. The first-order chi connectivity index (χ1) is 16.9. The van der Waals surface area contributed by atoms with Gasteiger partial charge < -0.3 is 15.0 Å². The first kappa shape index (κ1) is 25.3. The molecule has 0 spiro atoms. The molecule has 0 aromatic heterocycles. The molecule has 36 heavy (non-hydrogen) atoms. The molecule has 1 unspecified atom stereocenters. The van der Waals surface area contributed by atoms with Gasteiger partial charge in [-0.15, -0.1) is 0 Å². The monoisotopic (exact) mass is 499 g/mol. The molecule has 1 aromatic rings. The zero-order valence-electron chi connectivity index (χ0n) is 20.5. The van der Waals surface area contributed by atoms with Crippen LogP contribution in [0.15, 0.2) is 18.2 Å². The molecule has 0 radical (unpaired) electrons. The highest BCUT2D eigenvalue weighted by Crippen LogP contribution is 2.32. The van der Waals surface area contributed by atoms with Crippen molar-refractivity contribution in [2.24, 2.45) is 0 Å². The van der Waals surface area contributed by atoms with Crippen LogP contribution in [0.5, 0.6) is 0 Å². The van der Waals surface area contributed by atoms with Gasteiger partial charge in [0.1, 0.15) is 11.6 Å². The van der Waals surface area contributed by atoms with Crippen molar-refractivity contribution in [1.29, 1.82) is 0 Å². The van der Waals surface area contributed by atoms with E-state index in [1.807, 2.05) is 4.90 Å². The molecule has 3 aliphatic rings. The van der Waals surface area contributed by atoms with E-state index in [0.29, 0.717) is 26.2 Å². The van der Waals surface area contributed by atoms with E-state index in [2.05, 4.69) is 10.6 Å². The van der Waals surface area contributed by atoms with E-state index in [1.165, 1.54) is 12.1 Å². The normalized spacial score (nSPS) is 20.8. The average molecular weight is 500 g/mol. The zero-order chi connectivity index (χ0) is 26.2. The van der Waals surface area contributed by atoms with Crippen molar-refractivity contribution in [3.05, 3.63) is 29.3 Å². The van der Waals surface area contributed by atoms with Gasteiger partial charge in [0.05, 0.1) is 23.4 Å². The lowest BCUT2D eigenvalue weighted by atomic mass is 10.0. The number of amides is 6. The largest absolute Gasteiger partial charge is 0.444 e. The Labute approximate surface area is 207 Å². The van der Waals surface area contributed by atoms with Gasteiger partial charge in [-0.25, -0.2) is 4.79 Å². The molecule has 6 amide bonds. The molecule has 2 N–H and O–H groups in total. The second-order valence-electron chi connectivity index (χ2n) is 9.97. The number of hydrogen-bond donors (Lipinski definition) is 2. The van der Waals surface area contributed by atoms with E-state index < -0.39 is 41.4 Å². The topological polar surface area (TPSA) is 145 Å². The molecule has 2 saturated heterocycles. The van der Waals surface area contributed by atoms with Crippen LogP contribution in [0.25, 0.3) is 0 Å². The number of imide groups is 2. The molecule has 3 heterocycles. The van der Waals surface area contributed by atoms with Crippen LogP contribution in [0.4, 0.5) is 10.5 Å². The minimum Gasteiger partial charge on any atom is -0.444 e. The highest BCUT2D eigenvalue weighted by atomic mass is 16.6. The molecule has 1 aromatic carbocycles. The van der Waals surface area contributed by atoms with Crippen molar-refractivity contribution in [1.82, 2.24) is 20.0 Å². The van der Waals surface area contributed by atoms with E-state index in [1.54, 1.807) is 31.7 Å². The van der Waals surface area contributed by atoms with E-state index in [0.717, 1.165) is 4.90 Å². The third-order valence-electron chi connectivity index (χ3n) is 6.13. The lowest BCUT2D eigenvalue weighted by molar-refractivity contribution is -0.136. The van der Waals surface area contributed by atoms with Gasteiger partial charge in [-0.2, -0.15) is 0 Å². The number of carbonyl (C=O) groups is 6. The fourth-order valence-electron chi connectivity index (χ4n) is 4.43. The van der Waals surface area contributed by atoms with Crippen molar-refractivity contribution in [3.8, 4) is 0 Å². The Morgan fingerprint density at radius 1 is 1.06 bits per heavy atom. The molecule has 0 bridgehead atoms. The van der Waals surface area contributed by atoms with Gasteiger partial charge in [-0.3, -0.25) is 39.1 Å². The Morgan fingerprint density at radius 3 is 2.39 bits per heavy atom. The second kappa shape index (κ2) is 9.69. The van der Waals surface area contributed by atoms with Crippen LogP contribution in [0.1, 0.15) is 54.3 Å². The molecule has 12 nitrogen and oxygen atoms in total. The predicted octanol–water partition coefficient (Wildman–Crippen LogP) is 0.579. The molecular weight excluding hydrogens is 470 g/mol. The summed E-state index contributed by atoms with van der Waals surface area (Å²) in [5.41, 5.74) is -0.293. The summed E-state index contributed by atoms with van der Waals surface area (Å²) in [6.45, 7) is 7.20. The van der Waals surface area contributed by atoms with E-state index in [4.69, 9.17) is 4.74 Å². The smallest absolute Gasteiger partial charge is 0.410 e. The van der Waals surface area contributed by atoms with Crippen molar-refractivity contribution in [3.63, 3.8) is 0 Å². The molecule has 4 rings (SSSR count). The van der Waals surface area contributed by atoms with E-state index in [9.17, 15) is 28.8 Å². The van der Waals surface area contributed by atoms with Crippen molar-refractivity contribution in [2.75, 3.05) is 38.0 Å². The molecular formula is C24H29N5O7. The average Bonchev–Trinajstić information content (AvgIpc) is 3.04. The van der Waals surface area contributed by atoms with Crippen LogP contribution in [0.3, 0.4) is 0 Å². The number of rotatable bonds is 4. The van der Waals surface area contributed by atoms with Crippen LogP contribution < -0.4 is 10.6 Å². The van der Waals surface area contributed by atoms with Crippen LogP contribution in [0.2, 0.25) is 0 Å². The van der Waals surface area contributed by atoms with E-state index in [-0.39, 0.29) is 42.1 Å². The number of fused-ring (bicyclic) bond motifs is 1. The highest BCUT2D eigenvalue weighted by molar-refractivity contribution is 6.26. The quantitative estimate of drug-likeness (QED) is 0.572. The van der Waals surface area contributed by atoms with Gasteiger partial charge in [0.15, 0.2) is 0 Å². The zero-order valence-corrected chi connectivity index (χ0v) is 20.5.